The average Bonchev–Trinajstić information content (AvgIpc) is 2.10. The van der Waals surface area contributed by atoms with Crippen LogP contribution in [0.3, 0.4) is 0 Å². The number of ether oxygens (including phenoxy) is 2. The summed E-state index contributed by atoms with van der Waals surface area (Å²) in [5.41, 5.74) is 0. The Bertz CT molecular complexity index is 294. The number of hydrogen-bond acceptors (Lipinski definition) is 4. The first kappa shape index (κ1) is 15.5. The van der Waals surface area contributed by atoms with Gasteiger partial charge in [-0.1, -0.05) is 0 Å². The molecule has 4 nitrogen and oxygen atoms in total. The van der Waals surface area contributed by atoms with Gasteiger partial charge in [0, 0.05) is 0 Å². The molecule has 0 saturated carbocycles. The summed E-state index contributed by atoms with van der Waals surface area (Å²) in [7, 11) is 0. The Balaban J connectivity index is 4.86. The molecule has 0 bridgehead atoms. The van der Waals surface area contributed by atoms with Gasteiger partial charge in [0.15, 0.2) is 0 Å². The van der Waals surface area contributed by atoms with E-state index in [1.807, 2.05) is 0 Å². The molecular formula is C7H6F6O4. The smallest absolute Gasteiger partial charge is 0.463 e. The summed E-state index contributed by atoms with van der Waals surface area (Å²) >= 11 is 0. The van der Waals surface area contributed by atoms with Crippen molar-refractivity contribution in [1.29, 1.82) is 0 Å². The van der Waals surface area contributed by atoms with E-state index in [2.05, 4.69) is 9.47 Å². The maximum atomic E-state index is 12.1. The Hall–Kier alpha value is -1.48. The first-order valence-corrected chi connectivity index (χ1v) is 4.01. The lowest BCUT2D eigenvalue weighted by Crippen LogP contribution is -2.44. The van der Waals surface area contributed by atoms with Crippen molar-refractivity contribution in [2.45, 2.75) is 25.4 Å². The van der Waals surface area contributed by atoms with Crippen molar-refractivity contribution in [3.63, 3.8) is 0 Å². The van der Waals surface area contributed by atoms with Crippen LogP contribution in [-0.4, -0.2) is 37.0 Å². The van der Waals surface area contributed by atoms with Crippen molar-refractivity contribution >= 4 is 11.9 Å². The molecule has 0 aliphatic carbocycles. The Kier molecular flexibility index (Phi) is 4.78. The van der Waals surface area contributed by atoms with Gasteiger partial charge in [0.2, 0.25) is 0 Å². The van der Waals surface area contributed by atoms with Crippen molar-refractivity contribution in [3.05, 3.63) is 0 Å². The highest BCUT2D eigenvalue weighted by Gasteiger charge is 2.53. The molecule has 100 valence electrons. The molecule has 0 heterocycles. The monoisotopic (exact) mass is 268 g/mol. The Morgan fingerprint density at radius 2 is 1.59 bits per heavy atom. The van der Waals surface area contributed by atoms with Crippen LogP contribution >= 0.6 is 0 Å². The van der Waals surface area contributed by atoms with Crippen molar-refractivity contribution in [3.8, 4) is 0 Å². The van der Waals surface area contributed by atoms with Crippen LogP contribution in [0.5, 0.6) is 0 Å². The Morgan fingerprint density at radius 3 is 1.88 bits per heavy atom. The third kappa shape index (κ3) is 4.91. The van der Waals surface area contributed by atoms with E-state index in [1.165, 1.54) is 0 Å². The third-order valence-electron chi connectivity index (χ3n) is 1.25. The minimum atomic E-state index is -5.63. The van der Waals surface area contributed by atoms with Crippen LogP contribution in [0.15, 0.2) is 0 Å². The topological polar surface area (TPSA) is 52.6 Å². The number of rotatable bonds is 3. The van der Waals surface area contributed by atoms with Crippen LogP contribution in [0.25, 0.3) is 0 Å². The normalized spacial score (nSPS) is 14.1. The predicted molar refractivity (Wildman–Crippen MR) is 38.6 cm³/mol. The zero-order valence-electron chi connectivity index (χ0n) is 8.19. The van der Waals surface area contributed by atoms with Gasteiger partial charge in [-0.2, -0.15) is 26.3 Å². The first-order valence-electron chi connectivity index (χ1n) is 4.01. The number of halogens is 6. The quantitative estimate of drug-likeness (QED) is 0.576. The van der Waals surface area contributed by atoms with Crippen LogP contribution in [0, 0.1) is 0 Å². The first-order chi connectivity index (χ1) is 7.50. The zero-order chi connectivity index (χ0) is 13.9. The molecule has 0 aromatic rings. The number of carbonyl (C=O) groups excluding carboxylic acids is 2. The molecule has 0 fully saturated rings. The second kappa shape index (κ2) is 5.23. The number of esters is 2. The van der Waals surface area contributed by atoms with E-state index in [-0.39, 0.29) is 0 Å². The molecule has 17 heavy (non-hydrogen) atoms. The minimum absolute atomic E-state index is 0.505. The average molecular weight is 268 g/mol. The maximum Gasteiger partial charge on any atom is 0.490 e. The lowest BCUT2D eigenvalue weighted by atomic mass is 10.3. The summed E-state index contributed by atoms with van der Waals surface area (Å²) in [6.45, 7) is 0.631. The molecule has 10 heteroatoms. The van der Waals surface area contributed by atoms with E-state index < -0.39 is 37.0 Å². The van der Waals surface area contributed by atoms with Crippen molar-refractivity contribution in [2.24, 2.45) is 0 Å². The lowest BCUT2D eigenvalue weighted by molar-refractivity contribution is -0.248. The van der Waals surface area contributed by atoms with Crippen molar-refractivity contribution in [1.82, 2.24) is 0 Å². The molecule has 0 aliphatic heterocycles. The largest absolute Gasteiger partial charge is 0.490 e. The Morgan fingerprint density at radius 1 is 1.12 bits per heavy atom. The summed E-state index contributed by atoms with van der Waals surface area (Å²) < 4.78 is 78.1. The van der Waals surface area contributed by atoms with Crippen LogP contribution in [0.1, 0.15) is 6.92 Å². The zero-order valence-corrected chi connectivity index (χ0v) is 8.19. The fourth-order valence-electron chi connectivity index (χ4n) is 0.640. The van der Waals surface area contributed by atoms with Gasteiger partial charge in [-0.05, 0) is 6.92 Å². The predicted octanol–water partition coefficient (Wildman–Crippen LogP) is 1.59. The van der Waals surface area contributed by atoms with E-state index in [0.29, 0.717) is 0 Å². The van der Waals surface area contributed by atoms with Crippen LogP contribution in [0.4, 0.5) is 26.3 Å². The third-order valence-corrected chi connectivity index (χ3v) is 1.25. The van der Waals surface area contributed by atoms with Gasteiger partial charge in [0.25, 0.3) is 6.10 Å². The van der Waals surface area contributed by atoms with Crippen LogP contribution in [-0.2, 0) is 19.1 Å². The molecule has 0 rings (SSSR count). The van der Waals surface area contributed by atoms with E-state index in [0.717, 1.165) is 6.92 Å². The highest BCUT2D eigenvalue weighted by Crippen LogP contribution is 2.27. The molecule has 0 spiro atoms. The van der Waals surface area contributed by atoms with Gasteiger partial charge in [0.05, 0.1) is 6.61 Å². The standard InChI is InChI=1S/C7H6F6O4/c1-2-16-4(14)3(6(8,9)10)17-5(15)7(11,12)13/h3H,2H2,1H3/t3-/m0/s1. The van der Waals surface area contributed by atoms with Crippen molar-refractivity contribution in [2.75, 3.05) is 6.61 Å². The lowest BCUT2D eigenvalue weighted by Gasteiger charge is -2.19. The second-order valence-electron chi connectivity index (χ2n) is 2.58. The number of carbonyl (C=O) groups is 2. The summed E-state index contributed by atoms with van der Waals surface area (Å²) in [6.07, 6.45) is -14.7. The summed E-state index contributed by atoms with van der Waals surface area (Å²) in [5, 5.41) is 0. The van der Waals surface area contributed by atoms with E-state index in [4.69, 9.17) is 0 Å². The van der Waals surface area contributed by atoms with E-state index in [1.54, 1.807) is 0 Å². The fraction of sp³-hybridized carbons (Fsp3) is 0.714. The van der Waals surface area contributed by atoms with Gasteiger partial charge >= 0.3 is 24.3 Å². The molecule has 0 unspecified atom stereocenters. The minimum Gasteiger partial charge on any atom is -0.463 e. The van der Waals surface area contributed by atoms with Gasteiger partial charge in [-0.15, -0.1) is 0 Å². The summed E-state index contributed by atoms with van der Waals surface area (Å²) in [4.78, 5) is 20.8. The summed E-state index contributed by atoms with van der Waals surface area (Å²) in [6, 6.07) is 0. The molecule has 0 amide bonds. The second-order valence-corrected chi connectivity index (χ2v) is 2.58. The molecule has 0 radical (unpaired) electrons. The number of alkyl halides is 6. The fourth-order valence-corrected chi connectivity index (χ4v) is 0.640. The van der Waals surface area contributed by atoms with Crippen LogP contribution < -0.4 is 0 Å². The van der Waals surface area contributed by atoms with Crippen molar-refractivity contribution < 1.29 is 45.4 Å². The van der Waals surface area contributed by atoms with E-state index >= 15 is 0 Å². The molecule has 0 saturated heterocycles. The molecule has 1 atom stereocenters. The number of hydrogen-bond donors (Lipinski definition) is 0. The highest BCUT2D eigenvalue weighted by molar-refractivity contribution is 5.82. The molecule has 0 aliphatic rings. The Labute approximate surface area is 90.5 Å². The molecule has 0 aromatic heterocycles. The van der Waals surface area contributed by atoms with E-state index in [9.17, 15) is 35.9 Å². The van der Waals surface area contributed by atoms with Gasteiger partial charge in [0.1, 0.15) is 0 Å². The van der Waals surface area contributed by atoms with Gasteiger partial charge in [-0.25, -0.2) is 9.59 Å². The molecular weight excluding hydrogens is 262 g/mol. The maximum absolute atomic E-state index is 12.1. The van der Waals surface area contributed by atoms with Gasteiger partial charge in [-0.3, -0.25) is 0 Å². The van der Waals surface area contributed by atoms with Gasteiger partial charge < -0.3 is 9.47 Å². The highest BCUT2D eigenvalue weighted by atomic mass is 19.4. The molecule has 0 N–H and O–H groups in total. The van der Waals surface area contributed by atoms with Crippen LogP contribution in [0.2, 0.25) is 0 Å². The molecule has 0 aromatic carbocycles. The SMILES string of the molecule is CCOC(=O)[C@H](OC(=O)C(F)(F)F)C(F)(F)F. The summed E-state index contributed by atoms with van der Waals surface area (Å²) in [5.74, 6) is -5.23.